The van der Waals surface area contributed by atoms with Crippen molar-refractivity contribution in [2.24, 2.45) is 0 Å². The number of nitrogens with zero attached hydrogens (tertiary/aromatic N) is 3. The zero-order valence-electron chi connectivity index (χ0n) is 18.4. The predicted molar refractivity (Wildman–Crippen MR) is 130 cm³/mol. The summed E-state index contributed by atoms with van der Waals surface area (Å²) in [7, 11) is 0. The number of hydrogen-bond acceptors (Lipinski definition) is 3. The number of aromatic nitrogens is 3. The van der Waals surface area contributed by atoms with Crippen molar-refractivity contribution in [3.8, 4) is 11.3 Å². The number of carboxylic acids is 1. The summed E-state index contributed by atoms with van der Waals surface area (Å²) in [5, 5.41) is 16.1. The van der Waals surface area contributed by atoms with Crippen LogP contribution in [0.1, 0.15) is 11.3 Å². The van der Waals surface area contributed by atoms with E-state index in [0.29, 0.717) is 43.6 Å². The third-order valence-electron chi connectivity index (χ3n) is 6.02. The highest BCUT2D eigenvalue weighted by molar-refractivity contribution is 6.31. The van der Waals surface area contributed by atoms with Crippen LogP contribution in [0, 0.1) is 18.6 Å². The highest BCUT2D eigenvalue weighted by Gasteiger charge is 2.22. The normalized spacial score (nSPS) is 11.4. The lowest BCUT2D eigenvalue weighted by atomic mass is 10.0. The Labute approximate surface area is 202 Å². The van der Waals surface area contributed by atoms with Gasteiger partial charge in [0.2, 0.25) is 0 Å². The quantitative estimate of drug-likeness (QED) is 0.356. The van der Waals surface area contributed by atoms with Crippen LogP contribution >= 0.6 is 11.6 Å². The second-order valence-corrected chi connectivity index (χ2v) is 8.63. The Bertz CT molecular complexity index is 1710. The highest BCUT2D eigenvalue weighted by Crippen LogP contribution is 2.37. The molecule has 0 radical (unpaired) electrons. The van der Waals surface area contributed by atoms with Crippen molar-refractivity contribution in [2.45, 2.75) is 20.0 Å². The van der Waals surface area contributed by atoms with E-state index in [4.69, 9.17) is 11.6 Å². The fraction of sp³-hybridized carbons (Fsp3) is 0.115. The molecule has 0 bridgehead atoms. The number of carbonyl (C=O) groups is 1. The first-order valence-corrected chi connectivity index (χ1v) is 11.1. The number of carboxylic acid groups (broad SMARTS) is 1. The van der Waals surface area contributed by atoms with Crippen LogP contribution in [0.2, 0.25) is 5.02 Å². The molecule has 2 aromatic heterocycles. The fourth-order valence-electron chi connectivity index (χ4n) is 4.43. The molecule has 2 heterocycles. The summed E-state index contributed by atoms with van der Waals surface area (Å²) in [5.41, 5.74) is 2.00. The standard InChI is InChI=1S/C26H18ClF2N3O3/c1-14-24(20-10-16(27)7-9-22(20)31(14)13-23(33)34)25-18-4-2-3-5-19(18)26(35)32(30-25)12-15-6-8-17(28)11-21(15)29/h2-11H,12-13H2,1H3,(H,33,34). The van der Waals surface area contributed by atoms with Gasteiger partial charge in [0.1, 0.15) is 23.9 Å². The summed E-state index contributed by atoms with van der Waals surface area (Å²) in [6, 6.07) is 15.2. The Kier molecular flexibility index (Phi) is 5.61. The lowest BCUT2D eigenvalue weighted by molar-refractivity contribution is -0.137. The summed E-state index contributed by atoms with van der Waals surface area (Å²) in [6.07, 6.45) is 0. The molecule has 35 heavy (non-hydrogen) atoms. The Hall–Kier alpha value is -4.04. The number of fused-ring (bicyclic) bond motifs is 2. The summed E-state index contributed by atoms with van der Waals surface area (Å²) in [6.45, 7) is 1.29. The van der Waals surface area contributed by atoms with Crippen molar-refractivity contribution in [3.63, 3.8) is 0 Å². The molecule has 0 aliphatic rings. The van der Waals surface area contributed by atoms with Crippen LogP contribution in [-0.4, -0.2) is 25.4 Å². The van der Waals surface area contributed by atoms with E-state index in [1.165, 1.54) is 6.07 Å². The topological polar surface area (TPSA) is 77.1 Å². The molecule has 0 aliphatic heterocycles. The van der Waals surface area contributed by atoms with Crippen LogP contribution in [0.15, 0.2) is 65.5 Å². The van der Waals surface area contributed by atoms with Gasteiger partial charge in [-0.1, -0.05) is 35.9 Å². The van der Waals surface area contributed by atoms with E-state index in [2.05, 4.69) is 5.10 Å². The Morgan fingerprint density at radius 1 is 1.03 bits per heavy atom. The van der Waals surface area contributed by atoms with Crippen molar-refractivity contribution in [1.82, 2.24) is 14.3 Å². The molecule has 6 nitrogen and oxygen atoms in total. The summed E-state index contributed by atoms with van der Waals surface area (Å²) < 4.78 is 30.6. The number of aliphatic carboxylic acids is 1. The molecule has 0 unspecified atom stereocenters. The Morgan fingerprint density at radius 3 is 2.49 bits per heavy atom. The summed E-state index contributed by atoms with van der Waals surface area (Å²) in [4.78, 5) is 24.8. The van der Waals surface area contributed by atoms with Gasteiger partial charge in [0, 0.05) is 44.2 Å². The first-order chi connectivity index (χ1) is 16.7. The van der Waals surface area contributed by atoms with E-state index in [-0.39, 0.29) is 18.7 Å². The molecule has 5 aromatic rings. The molecule has 0 aliphatic carbocycles. The first kappa shape index (κ1) is 22.7. The second kappa shape index (κ2) is 8.63. The molecule has 0 amide bonds. The van der Waals surface area contributed by atoms with E-state index in [0.717, 1.165) is 16.8 Å². The average Bonchev–Trinajstić information content (AvgIpc) is 3.07. The summed E-state index contributed by atoms with van der Waals surface area (Å²) in [5.74, 6) is -2.51. The monoisotopic (exact) mass is 493 g/mol. The average molecular weight is 494 g/mol. The van der Waals surface area contributed by atoms with Gasteiger partial charge in [0.05, 0.1) is 11.9 Å². The number of hydrogen-bond donors (Lipinski definition) is 1. The molecule has 0 atom stereocenters. The van der Waals surface area contributed by atoms with E-state index in [9.17, 15) is 23.5 Å². The highest BCUT2D eigenvalue weighted by atomic mass is 35.5. The van der Waals surface area contributed by atoms with E-state index >= 15 is 0 Å². The van der Waals surface area contributed by atoms with Gasteiger partial charge in [-0.15, -0.1) is 0 Å². The molecule has 0 fully saturated rings. The molecule has 0 spiro atoms. The van der Waals surface area contributed by atoms with Crippen LogP contribution in [0.3, 0.4) is 0 Å². The Balaban J connectivity index is 1.83. The molecule has 0 saturated heterocycles. The van der Waals surface area contributed by atoms with E-state index in [1.807, 2.05) is 0 Å². The second-order valence-electron chi connectivity index (χ2n) is 8.19. The number of rotatable bonds is 5. The summed E-state index contributed by atoms with van der Waals surface area (Å²) >= 11 is 6.28. The van der Waals surface area contributed by atoms with Crippen LogP contribution in [0.25, 0.3) is 32.9 Å². The zero-order valence-corrected chi connectivity index (χ0v) is 19.2. The third-order valence-corrected chi connectivity index (χ3v) is 6.25. The smallest absolute Gasteiger partial charge is 0.323 e. The van der Waals surface area contributed by atoms with Crippen molar-refractivity contribution in [2.75, 3.05) is 0 Å². The molecular formula is C26H18ClF2N3O3. The van der Waals surface area contributed by atoms with Crippen LogP contribution < -0.4 is 5.56 Å². The minimum Gasteiger partial charge on any atom is -0.480 e. The van der Waals surface area contributed by atoms with Gasteiger partial charge in [-0.3, -0.25) is 9.59 Å². The third kappa shape index (κ3) is 3.95. The minimum absolute atomic E-state index is 0.107. The molecular weight excluding hydrogens is 476 g/mol. The van der Waals surface area contributed by atoms with E-state index in [1.54, 1.807) is 54.0 Å². The lowest BCUT2D eigenvalue weighted by Gasteiger charge is -2.13. The zero-order chi connectivity index (χ0) is 24.9. The maximum atomic E-state index is 14.4. The van der Waals surface area contributed by atoms with Crippen molar-refractivity contribution >= 4 is 39.2 Å². The SMILES string of the molecule is Cc1c(-c2nn(Cc3ccc(F)cc3F)c(=O)c3ccccc23)c2cc(Cl)ccc2n1CC(=O)O. The van der Waals surface area contributed by atoms with Gasteiger partial charge >= 0.3 is 5.97 Å². The first-order valence-electron chi connectivity index (χ1n) is 10.7. The van der Waals surface area contributed by atoms with Gasteiger partial charge in [0.15, 0.2) is 0 Å². The fourth-order valence-corrected chi connectivity index (χ4v) is 4.60. The van der Waals surface area contributed by atoms with Gasteiger partial charge in [-0.2, -0.15) is 5.10 Å². The van der Waals surface area contributed by atoms with Gasteiger partial charge < -0.3 is 9.67 Å². The largest absolute Gasteiger partial charge is 0.480 e. The van der Waals surface area contributed by atoms with Crippen LogP contribution in [0.4, 0.5) is 8.78 Å². The molecule has 5 rings (SSSR count). The van der Waals surface area contributed by atoms with Gasteiger partial charge in [-0.25, -0.2) is 13.5 Å². The van der Waals surface area contributed by atoms with Crippen LogP contribution in [-0.2, 0) is 17.9 Å². The minimum atomic E-state index is -1.01. The van der Waals surface area contributed by atoms with Crippen LogP contribution in [0.5, 0.6) is 0 Å². The maximum Gasteiger partial charge on any atom is 0.323 e. The van der Waals surface area contributed by atoms with Gasteiger partial charge in [0.25, 0.3) is 5.56 Å². The van der Waals surface area contributed by atoms with Gasteiger partial charge in [-0.05, 0) is 37.3 Å². The van der Waals surface area contributed by atoms with Crippen molar-refractivity contribution < 1.29 is 18.7 Å². The maximum absolute atomic E-state index is 14.4. The molecule has 0 saturated carbocycles. The molecule has 176 valence electrons. The molecule has 3 aromatic carbocycles. The predicted octanol–water partition coefficient (Wildman–Crippen LogP) is 5.39. The Morgan fingerprint density at radius 2 is 1.77 bits per heavy atom. The number of halogens is 3. The molecule has 9 heteroatoms. The van der Waals surface area contributed by atoms with Crippen molar-refractivity contribution in [3.05, 3.63) is 98.9 Å². The lowest BCUT2D eigenvalue weighted by Crippen LogP contribution is -2.25. The van der Waals surface area contributed by atoms with Crippen molar-refractivity contribution in [1.29, 1.82) is 0 Å². The molecule has 1 N–H and O–H groups in total. The number of benzene rings is 3. The van der Waals surface area contributed by atoms with E-state index < -0.39 is 23.2 Å².